The van der Waals surface area contributed by atoms with Gasteiger partial charge in [-0.15, -0.1) is 0 Å². The lowest BCUT2D eigenvalue weighted by Gasteiger charge is -2.22. The minimum Gasteiger partial charge on any atom is -0.312 e. The molecule has 1 aromatic rings. The van der Waals surface area contributed by atoms with Gasteiger partial charge < -0.3 is 4.90 Å². The van der Waals surface area contributed by atoms with Crippen molar-refractivity contribution in [3.05, 3.63) is 30.3 Å². The van der Waals surface area contributed by atoms with Crippen LogP contribution in [0.5, 0.6) is 0 Å². The highest BCUT2D eigenvalue weighted by Gasteiger charge is 2.33. The fourth-order valence-corrected chi connectivity index (χ4v) is 1.84. The Kier molecular flexibility index (Phi) is 3.60. The summed E-state index contributed by atoms with van der Waals surface area (Å²) in [6.07, 6.45) is 4.36. The number of carbonyl (C=O) groups is 1. The predicted octanol–water partition coefficient (Wildman–Crippen LogP) is 3.23. The first-order valence-electron chi connectivity index (χ1n) is 6.19. The maximum absolute atomic E-state index is 12.1. The Labute approximate surface area is 97.3 Å². The average Bonchev–Trinajstić information content (AvgIpc) is 3.14. The van der Waals surface area contributed by atoms with Gasteiger partial charge in [0.05, 0.1) is 0 Å². The number of carbonyl (C=O) groups excluding carboxylic acids is 1. The van der Waals surface area contributed by atoms with Crippen LogP contribution < -0.4 is 4.90 Å². The zero-order valence-electron chi connectivity index (χ0n) is 9.86. The van der Waals surface area contributed by atoms with E-state index in [0.717, 1.165) is 37.9 Å². The van der Waals surface area contributed by atoms with Crippen LogP contribution in [0.4, 0.5) is 5.69 Å². The number of nitrogens with zero attached hydrogens (tertiary/aromatic N) is 1. The first-order chi connectivity index (χ1) is 7.83. The zero-order chi connectivity index (χ0) is 11.4. The summed E-state index contributed by atoms with van der Waals surface area (Å²) in [5, 5.41) is 0. The third-order valence-corrected chi connectivity index (χ3v) is 3.00. The molecule has 16 heavy (non-hydrogen) atoms. The molecule has 0 aliphatic heterocycles. The number of amides is 1. The lowest BCUT2D eigenvalue weighted by molar-refractivity contribution is -0.119. The van der Waals surface area contributed by atoms with E-state index in [9.17, 15) is 4.79 Å². The van der Waals surface area contributed by atoms with Crippen molar-refractivity contribution >= 4 is 11.6 Å². The topological polar surface area (TPSA) is 20.3 Å². The maximum Gasteiger partial charge on any atom is 0.230 e. The summed E-state index contributed by atoms with van der Waals surface area (Å²) in [5.74, 6) is 0.622. The van der Waals surface area contributed by atoms with Gasteiger partial charge in [0.2, 0.25) is 5.91 Å². The molecule has 1 aliphatic rings. The van der Waals surface area contributed by atoms with E-state index in [-0.39, 0.29) is 0 Å². The van der Waals surface area contributed by atoms with Crippen molar-refractivity contribution in [1.29, 1.82) is 0 Å². The molecule has 1 fully saturated rings. The third kappa shape index (κ3) is 2.63. The molecule has 1 aromatic carbocycles. The van der Waals surface area contributed by atoms with E-state index in [1.807, 2.05) is 35.2 Å². The number of unbranched alkanes of at least 4 members (excludes halogenated alkanes) is 1. The molecule has 0 N–H and O–H groups in total. The monoisotopic (exact) mass is 217 g/mol. The summed E-state index contributed by atoms with van der Waals surface area (Å²) in [5.41, 5.74) is 1.05. The second-order valence-electron chi connectivity index (χ2n) is 4.45. The molecule has 1 amide bonds. The van der Waals surface area contributed by atoms with Crippen LogP contribution in [0.1, 0.15) is 32.6 Å². The van der Waals surface area contributed by atoms with Gasteiger partial charge in [-0.3, -0.25) is 4.79 Å². The van der Waals surface area contributed by atoms with E-state index < -0.39 is 0 Å². The average molecular weight is 217 g/mol. The molecule has 0 saturated heterocycles. The zero-order valence-corrected chi connectivity index (χ0v) is 9.86. The molecule has 0 unspecified atom stereocenters. The number of rotatable bonds is 5. The van der Waals surface area contributed by atoms with Crippen LogP contribution >= 0.6 is 0 Å². The highest BCUT2D eigenvalue weighted by atomic mass is 16.2. The first-order valence-corrected chi connectivity index (χ1v) is 6.19. The first kappa shape index (κ1) is 11.2. The van der Waals surface area contributed by atoms with Crippen LogP contribution in [0, 0.1) is 5.92 Å². The number of hydrogen-bond acceptors (Lipinski definition) is 1. The molecule has 0 radical (unpaired) electrons. The Balaban J connectivity index is 2.10. The van der Waals surface area contributed by atoms with E-state index in [1.165, 1.54) is 0 Å². The van der Waals surface area contributed by atoms with Gasteiger partial charge >= 0.3 is 0 Å². The van der Waals surface area contributed by atoms with E-state index in [0.29, 0.717) is 11.8 Å². The van der Waals surface area contributed by atoms with Crippen molar-refractivity contribution < 1.29 is 4.79 Å². The van der Waals surface area contributed by atoms with Gasteiger partial charge in [-0.05, 0) is 31.4 Å². The minimum atomic E-state index is 0.303. The van der Waals surface area contributed by atoms with Crippen LogP contribution in [0.25, 0.3) is 0 Å². The summed E-state index contributed by atoms with van der Waals surface area (Å²) in [4.78, 5) is 14.1. The molecule has 2 heteroatoms. The molecular weight excluding hydrogens is 198 g/mol. The van der Waals surface area contributed by atoms with E-state index in [2.05, 4.69) is 6.92 Å². The van der Waals surface area contributed by atoms with Gasteiger partial charge in [0, 0.05) is 18.2 Å². The Morgan fingerprint density at radius 3 is 2.56 bits per heavy atom. The minimum absolute atomic E-state index is 0.303. The molecule has 0 heterocycles. The summed E-state index contributed by atoms with van der Waals surface area (Å²) >= 11 is 0. The standard InChI is InChI=1S/C14H19NO/c1-2-3-11-15(14(16)12-9-10-12)13-7-5-4-6-8-13/h4-8,12H,2-3,9-11H2,1H3. The number of benzene rings is 1. The highest BCUT2D eigenvalue weighted by molar-refractivity contribution is 5.96. The summed E-state index contributed by atoms with van der Waals surface area (Å²) in [7, 11) is 0. The Morgan fingerprint density at radius 2 is 2.00 bits per heavy atom. The molecule has 2 rings (SSSR count). The fourth-order valence-electron chi connectivity index (χ4n) is 1.84. The summed E-state index contributed by atoms with van der Waals surface area (Å²) in [6, 6.07) is 10.0. The second kappa shape index (κ2) is 5.15. The molecule has 1 aliphatic carbocycles. The largest absolute Gasteiger partial charge is 0.312 e. The van der Waals surface area contributed by atoms with Crippen LogP contribution in [0.2, 0.25) is 0 Å². The van der Waals surface area contributed by atoms with Crippen molar-refractivity contribution in [3.63, 3.8) is 0 Å². The Bertz CT molecular complexity index is 343. The smallest absolute Gasteiger partial charge is 0.230 e. The maximum atomic E-state index is 12.1. The lowest BCUT2D eigenvalue weighted by atomic mass is 10.2. The highest BCUT2D eigenvalue weighted by Crippen LogP contribution is 2.32. The molecule has 1 saturated carbocycles. The predicted molar refractivity (Wildman–Crippen MR) is 66.4 cm³/mol. The van der Waals surface area contributed by atoms with Gasteiger partial charge in [-0.2, -0.15) is 0 Å². The van der Waals surface area contributed by atoms with Crippen LogP contribution in [0.15, 0.2) is 30.3 Å². The van der Waals surface area contributed by atoms with Crippen molar-refractivity contribution in [3.8, 4) is 0 Å². The van der Waals surface area contributed by atoms with E-state index in [1.54, 1.807) is 0 Å². The van der Waals surface area contributed by atoms with E-state index >= 15 is 0 Å². The third-order valence-electron chi connectivity index (χ3n) is 3.00. The van der Waals surface area contributed by atoms with Gasteiger partial charge in [0.1, 0.15) is 0 Å². The Hall–Kier alpha value is -1.31. The molecule has 0 bridgehead atoms. The number of para-hydroxylation sites is 1. The molecular formula is C14H19NO. The quantitative estimate of drug-likeness (QED) is 0.741. The van der Waals surface area contributed by atoms with Crippen molar-refractivity contribution in [1.82, 2.24) is 0 Å². The fraction of sp³-hybridized carbons (Fsp3) is 0.500. The van der Waals surface area contributed by atoms with Crippen LogP contribution in [-0.2, 0) is 4.79 Å². The number of hydrogen-bond donors (Lipinski definition) is 0. The molecule has 0 aromatic heterocycles. The van der Waals surface area contributed by atoms with E-state index in [4.69, 9.17) is 0 Å². The lowest BCUT2D eigenvalue weighted by Crippen LogP contribution is -2.33. The molecule has 0 spiro atoms. The summed E-state index contributed by atoms with van der Waals surface area (Å²) in [6.45, 7) is 3.01. The SMILES string of the molecule is CCCCN(C(=O)C1CC1)c1ccccc1. The normalized spacial score (nSPS) is 14.8. The van der Waals surface area contributed by atoms with Crippen molar-refractivity contribution in [2.75, 3.05) is 11.4 Å². The Morgan fingerprint density at radius 1 is 1.31 bits per heavy atom. The van der Waals surface area contributed by atoms with Gasteiger partial charge in [-0.1, -0.05) is 31.5 Å². The van der Waals surface area contributed by atoms with Gasteiger partial charge in [-0.25, -0.2) is 0 Å². The van der Waals surface area contributed by atoms with Crippen LogP contribution in [0.3, 0.4) is 0 Å². The van der Waals surface area contributed by atoms with Gasteiger partial charge in [0.15, 0.2) is 0 Å². The van der Waals surface area contributed by atoms with Crippen LogP contribution in [-0.4, -0.2) is 12.5 Å². The van der Waals surface area contributed by atoms with Crippen molar-refractivity contribution in [2.45, 2.75) is 32.6 Å². The molecule has 86 valence electrons. The van der Waals surface area contributed by atoms with Gasteiger partial charge in [0.25, 0.3) is 0 Å². The molecule has 2 nitrogen and oxygen atoms in total. The summed E-state index contributed by atoms with van der Waals surface area (Å²) < 4.78 is 0. The number of anilines is 1. The molecule has 0 atom stereocenters. The second-order valence-corrected chi connectivity index (χ2v) is 4.45. The van der Waals surface area contributed by atoms with Crippen molar-refractivity contribution in [2.24, 2.45) is 5.92 Å².